The van der Waals surface area contributed by atoms with E-state index in [4.69, 9.17) is 0 Å². The van der Waals surface area contributed by atoms with Crippen molar-refractivity contribution in [3.63, 3.8) is 0 Å². The van der Waals surface area contributed by atoms with Gasteiger partial charge in [0, 0.05) is 0 Å². The van der Waals surface area contributed by atoms with E-state index in [0.29, 0.717) is 0 Å². The fourth-order valence-corrected chi connectivity index (χ4v) is 8.35. The summed E-state index contributed by atoms with van der Waals surface area (Å²) in [6.45, 7) is 0. The molecule has 0 unspecified atom stereocenters. The molecule has 1 heteroatoms. The average Bonchev–Trinajstić information content (AvgIpc) is 2.49. The molecule has 40 valence electrons. The SMILES string of the molecule is C1=[CH][In]([CH]2CC2)[CH]=C1. The van der Waals surface area contributed by atoms with Gasteiger partial charge in [0.15, 0.2) is 0 Å². The fraction of sp³-hybridized carbons (Fsp3) is 0.429. The second-order valence-corrected chi connectivity index (χ2v) is 10.9. The van der Waals surface area contributed by atoms with Crippen LogP contribution in [0.1, 0.15) is 12.8 Å². The Bertz CT molecular complexity index is 130. The van der Waals surface area contributed by atoms with Crippen LogP contribution >= 0.6 is 0 Å². The normalized spacial score (nSPS) is 25.2. The summed E-state index contributed by atoms with van der Waals surface area (Å²) >= 11 is -1.03. The van der Waals surface area contributed by atoms with Crippen molar-refractivity contribution in [2.24, 2.45) is 0 Å². The molecule has 1 fully saturated rings. The molecule has 8 heavy (non-hydrogen) atoms. The molecule has 0 aromatic carbocycles. The molecular formula is C7H9In. The van der Waals surface area contributed by atoms with E-state index < -0.39 is 21.4 Å². The summed E-state index contributed by atoms with van der Waals surface area (Å²) in [5.74, 6) is 0. The molecular weight excluding hydrogens is 199 g/mol. The van der Waals surface area contributed by atoms with Gasteiger partial charge in [-0.2, -0.15) is 0 Å². The first-order valence-electron chi connectivity index (χ1n) is 3.32. The molecule has 0 nitrogen and oxygen atoms in total. The number of hydrogen-bond acceptors (Lipinski definition) is 0. The van der Waals surface area contributed by atoms with Crippen molar-refractivity contribution >= 4 is 21.4 Å². The van der Waals surface area contributed by atoms with Crippen LogP contribution in [-0.2, 0) is 0 Å². The standard InChI is InChI=1S/C4H4.C3H5.In/c1-3-4-2;1-2-3-1;/h1-4H;1H,2-3H2;. The van der Waals surface area contributed by atoms with Crippen LogP contribution in [0.4, 0.5) is 0 Å². The van der Waals surface area contributed by atoms with Crippen molar-refractivity contribution in [1.82, 2.24) is 0 Å². The Morgan fingerprint density at radius 2 is 1.75 bits per heavy atom. The molecule has 0 N–H and O–H groups in total. The first-order chi connectivity index (χ1) is 3.97. The monoisotopic (exact) mass is 208 g/mol. The zero-order chi connectivity index (χ0) is 5.40. The molecule has 0 aromatic heterocycles. The van der Waals surface area contributed by atoms with Crippen LogP contribution in [0.3, 0.4) is 0 Å². The summed E-state index contributed by atoms with van der Waals surface area (Å²) in [4.78, 5) is 0. The molecule has 1 heterocycles. The van der Waals surface area contributed by atoms with Crippen molar-refractivity contribution in [2.45, 2.75) is 16.5 Å². The summed E-state index contributed by atoms with van der Waals surface area (Å²) in [5.41, 5.74) is 0. The Balaban J connectivity index is 2.06. The van der Waals surface area contributed by atoms with Crippen molar-refractivity contribution in [3.05, 3.63) is 19.8 Å². The third-order valence-corrected chi connectivity index (χ3v) is 10.8. The van der Waals surface area contributed by atoms with Gasteiger partial charge in [-0.1, -0.05) is 0 Å². The van der Waals surface area contributed by atoms with Crippen molar-refractivity contribution < 1.29 is 0 Å². The summed E-state index contributed by atoms with van der Waals surface area (Å²) in [7, 11) is 0. The topological polar surface area (TPSA) is 0 Å². The van der Waals surface area contributed by atoms with Crippen molar-refractivity contribution in [3.8, 4) is 0 Å². The van der Waals surface area contributed by atoms with Gasteiger partial charge < -0.3 is 0 Å². The van der Waals surface area contributed by atoms with Gasteiger partial charge in [0.1, 0.15) is 0 Å². The quantitative estimate of drug-likeness (QED) is 0.616. The summed E-state index contributed by atoms with van der Waals surface area (Å²) < 4.78 is 6.25. The molecule has 0 amide bonds. The second-order valence-electron chi connectivity index (χ2n) is 2.68. The van der Waals surface area contributed by atoms with Gasteiger partial charge in [-0.05, 0) is 0 Å². The third kappa shape index (κ3) is 0.883. The van der Waals surface area contributed by atoms with Gasteiger partial charge in [0.05, 0.1) is 0 Å². The maximum absolute atomic E-state index is 2.51. The van der Waals surface area contributed by atoms with E-state index in [1.165, 1.54) is 3.67 Å². The van der Waals surface area contributed by atoms with E-state index in [-0.39, 0.29) is 0 Å². The Morgan fingerprint density at radius 3 is 2.25 bits per heavy atom. The van der Waals surface area contributed by atoms with Gasteiger partial charge in [-0.3, -0.25) is 0 Å². The van der Waals surface area contributed by atoms with Crippen LogP contribution in [0, 0.1) is 0 Å². The Kier molecular flexibility index (Phi) is 1.25. The fourth-order valence-electron chi connectivity index (χ4n) is 1.24. The van der Waals surface area contributed by atoms with Crippen molar-refractivity contribution in [1.29, 1.82) is 0 Å². The van der Waals surface area contributed by atoms with Crippen LogP contribution in [0.5, 0.6) is 0 Å². The predicted octanol–water partition coefficient (Wildman–Crippen LogP) is 1.85. The van der Waals surface area contributed by atoms with E-state index in [0.717, 1.165) is 0 Å². The molecule has 2 aliphatic rings. The Labute approximate surface area is 57.8 Å². The minimum absolute atomic E-state index is 1.03. The molecule has 0 atom stereocenters. The molecule has 0 spiro atoms. The first kappa shape index (κ1) is 5.16. The van der Waals surface area contributed by atoms with Crippen LogP contribution in [-0.4, -0.2) is 21.4 Å². The molecule has 1 aliphatic carbocycles. The van der Waals surface area contributed by atoms with Crippen LogP contribution < -0.4 is 0 Å². The van der Waals surface area contributed by atoms with Gasteiger partial charge in [0.25, 0.3) is 0 Å². The van der Waals surface area contributed by atoms with E-state index in [9.17, 15) is 0 Å². The van der Waals surface area contributed by atoms with E-state index in [1.54, 1.807) is 12.8 Å². The zero-order valence-corrected chi connectivity index (χ0v) is 8.17. The minimum atomic E-state index is -1.03. The number of rotatable bonds is 1. The van der Waals surface area contributed by atoms with E-state index >= 15 is 0 Å². The molecule has 0 bridgehead atoms. The average molecular weight is 208 g/mol. The second kappa shape index (κ2) is 1.94. The third-order valence-electron chi connectivity index (χ3n) is 1.94. The van der Waals surface area contributed by atoms with Crippen LogP contribution in [0.15, 0.2) is 19.8 Å². The summed E-state index contributed by atoms with van der Waals surface area (Å²) in [5, 5.41) is 0. The first-order valence-corrected chi connectivity index (χ1v) is 9.02. The molecule has 2 rings (SSSR count). The van der Waals surface area contributed by atoms with E-state index in [2.05, 4.69) is 19.8 Å². The van der Waals surface area contributed by atoms with Gasteiger partial charge >= 0.3 is 57.8 Å². The molecule has 0 aromatic rings. The summed E-state index contributed by atoms with van der Waals surface area (Å²) in [6, 6.07) is 0. The molecule has 1 aliphatic heterocycles. The predicted molar refractivity (Wildman–Crippen MR) is 37.0 cm³/mol. The van der Waals surface area contributed by atoms with Gasteiger partial charge in [-0.25, -0.2) is 0 Å². The molecule has 0 radical (unpaired) electrons. The van der Waals surface area contributed by atoms with Gasteiger partial charge in [-0.15, -0.1) is 0 Å². The van der Waals surface area contributed by atoms with Crippen LogP contribution in [0.25, 0.3) is 0 Å². The maximum atomic E-state index is 2.51. The van der Waals surface area contributed by atoms with Crippen LogP contribution in [0.2, 0.25) is 3.67 Å². The summed E-state index contributed by atoms with van der Waals surface area (Å²) in [6.07, 6.45) is 7.60. The Morgan fingerprint density at radius 1 is 1.12 bits per heavy atom. The number of hydrogen-bond donors (Lipinski definition) is 0. The zero-order valence-electron chi connectivity index (χ0n) is 4.88. The Hall–Kier alpha value is 0.350. The molecule has 0 saturated heterocycles. The molecule has 1 saturated carbocycles. The number of allylic oxidation sites excluding steroid dienone is 2. The van der Waals surface area contributed by atoms with E-state index in [1.807, 2.05) is 0 Å². The van der Waals surface area contributed by atoms with Crippen molar-refractivity contribution in [2.75, 3.05) is 0 Å². The van der Waals surface area contributed by atoms with Gasteiger partial charge in [0.2, 0.25) is 0 Å².